The molecule has 19 heavy (non-hydrogen) atoms. The van der Waals surface area contributed by atoms with Crippen LogP contribution in [-0.4, -0.2) is 42.4 Å². The highest BCUT2D eigenvalue weighted by Crippen LogP contribution is 2.29. The molecule has 6 heteroatoms. The maximum Gasteiger partial charge on any atom is 0.416 e. The third-order valence-electron chi connectivity index (χ3n) is 3.19. The summed E-state index contributed by atoms with van der Waals surface area (Å²) < 4.78 is 37.2. The summed E-state index contributed by atoms with van der Waals surface area (Å²) in [5.74, 6) is 0. The second kappa shape index (κ2) is 5.61. The number of hydrogen-bond donors (Lipinski definition) is 0. The molecule has 1 amide bonds. The molecule has 1 aliphatic heterocycles. The molecule has 1 aromatic carbocycles. The van der Waals surface area contributed by atoms with Gasteiger partial charge in [-0.1, -0.05) is 12.1 Å². The zero-order valence-corrected chi connectivity index (χ0v) is 10.3. The number of amides is 1. The molecule has 0 N–H and O–H groups in total. The van der Waals surface area contributed by atoms with E-state index in [0.29, 0.717) is 19.6 Å². The minimum atomic E-state index is -4.29. The Bertz CT molecular complexity index is 423. The van der Waals surface area contributed by atoms with Crippen molar-refractivity contribution in [2.45, 2.75) is 12.7 Å². The Morgan fingerprint density at radius 2 is 1.63 bits per heavy atom. The van der Waals surface area contributed by atoms with Gasteiger partial charge in [-0.15, -0.1) is 0 Å². The third-order valence-corrected chi connectivity index (χ3v) is 3.19. The monoisotopic (exact) mass is 271 g/mol. The minimum Gasteiger partial charge on any atom is -0.332 e. The van der Waals surface area contributed by atoms with Crippen molar-refractivity contribution in [3.8, 4) is 0 Å². The second-order valence-corrected chi connectivity index (χ2v) is 4.55. The molecular weight excluding hydrogens is 257 g/mol. The van der Waals surface area contributed by atoms with E-state index in [1.807, 2.05) is 6.41 Å². The van der Waals surface area contributed by atoms with Crippen molar-refractivity contribution in [3.05, 3.63) is 35.4 Å². The Morgan fingerprint density at radius 3 is 2.11 bits per heavy atom. The van der Waals surface area contributed by atoms with Crippen LogP contribution in [0.3, 0.4) is 0 Å². The summed E-state index contributed by atoms with van der Waals surface area (Å²) in [6, 6.07) is 5.21. The molecule has 0 bridgehead atoms. The lowest BCUT2D eigenvalue weighted by atomic mass is 10.1. The Morgan fingerprint density at radius 1 is 1.05 bits per heavy atom. The van der Waals surface area contributed by atoms with Gasteiger partial charge in [-0.2, -0.15) is 13.2 Å². The van der Waals surface area contributed by atoms with E-state index in [2.05, 4.69) is 4.90 Å². The minimum absolute atomic E-state index is 0.602. The van der Waals surface area contributed by atoms with E-state index >= 15 is 0 Å². The molecule has 3 nitrogen and oxygen atoms in total. The topological polar surface area (TPSA) is 23.6 Å². The SMILES string of the molecule is O=[C]N1CCN(Cc2ccc(C(F)(F)F)cc2)CC1. The average Bonchev–Trinajstić information content (AvgIpc) is 2.39. The fraction of sp³-hybridized carbons (Fsp3) is 0.462. The summed E-state index contributed by atoms with van der Waals surface area (Å²) in [4.78, 5) is 14.1. The van der Waals surface area contributed by atoms with Crippen molar-refractivity contribution < 1.29 is 18.0 Å². The van der Waals surface area contributed by atoms with Crippen LogP contribution in [0, 0.1) is 0 Å². The lowest BCUT2D eigenvalue weighted by molar-refractivity contribution is -0.137. The summed E-state index contributed by atoms with van der Waals surface area (Å²) in [6.07, 6.45) is -2.44. The molecule has 0 aliphatic carbocycles. The summed E-state index contributed by atoms with van der Waals surface area (Å²) in [5, 5.41) is 0. The van der Waals surface area contributed by atoms with E-state index in [4.69, 9.17) is 0 Å². The van der Waals surface area contributed by atoms with Gasteiger partial charge < -0.3 is 4.90 Å². The van der Waals surface area contributed by atoms with Gasteiger partial charge in [-0.25, -0.2) is 0 Å². The van der Waals surface area contributed by atoms with Crippen LogP contribution in [0.25, 0.3) is 0 Å². The first-order valence-electron chi connectivity index (χ1n) is 6.00. The number of benzene rings is 1. The van der Waals surface area contributed by atoms with Gasteiger partial charge in [0.05, 0.1) is 5.56 Å². The van der Waals surface area contributed by atoms with Crippen molar-refractivity contribution in [1.29, 1.82) is 0 Å². The second-order valence-electron chi connectivity index (χ2n) is 4.55. The lowest BCUT2D eigenvalue weighted by Crippen LogP contribution is -2.45. The molecule has 0 spiro atoms. The van der Waals surface area contributed by atoms with Crippen molar-refractivity contribution in [1.82, 2.24) is 9.80 Å². The Balaban J connectivity index is 1.92. The van der Waals surface area contributed by atoms with Gasteiger partial charge in [-0.05, 0) is 17.7 Å². The summed E-state index contributed by atoms with van der Waals surface area (Å²) in [7, 11) is 0. The van der Waals surface area contributed by atoms with Gasteiger partial charge in [0.1, 0.15) is 0 Å². The van der Waals surface area contributed by atoms with Gasteiger partial charge >= 0.3 is 12.6 Å². The van der Waals surface area contributed by atoms with Crippen molar-refractivity contribution in [2.24, 2.45) is 0 Å². The number of nitrogens with zero attached hydrogens (tertiary/aromatic N) is 2. The molecule has 1 aromatic rings. The maximum atomic E-state index is 12.4. The van der Waals surface area contributed by atoms with E-state index in [1.54, 1.807) is 4.90 Å². The largest absolute Gasteiger partial charge is 0.416 e. The summed E-state index contributed by atoms with van der Waals surface area (Å²) >= 11 is 0. The zero-order valence-electron chi connectivity index (χ0n) is 10.3. The standard InChI is InChI=1S/C13H14F3N2O/c14-13(15,16)12-3-1-11(2-4-12)9-17-5-7-18(10-19)8-6-17/h1-4H,5-9H2. The van der Waals surface area contributed by atoms with Crippen molar-refractivity contribution >= 4 is 6.41 Å². The Hall–Kier alpha value is -1.56. The Labute approximate surface area is 109 Å². The average molecular weight is 271 g/mol. The fourth-order valence-corrected chi connectivity index (χ4v) is 2.05. The third kappa shape index (κ3) is 3.70. The van der Waals surface area contributed by atoms with E-state index in [1.165, 1.54) is 12.1 Å². The molecule has 0 unspecified atom stereocenters. The first-order valence-corrected chi connectivity index (χ1v) is 6.00. The van der Waals surface area contributed by atoms with Crippen LogP contribution in [-0.2, 0) is 17.5 Å². The van der Waals surface area contributed by atoms with E-state index in [0.717, 1.165) is 30.8 Å². The predicted molar refractivity (Wildman–Crippen MR) is 64.0 cm³/mol. The number of halogens is 3. The Kier molecular flexibility index (Phi) is 4.09. The van der Waals surface area contributed by atoms with Crippen LogP contribution in [0.1, 0.15) is 11.1 Å². The van der Waals surface area contributed by atoms with Gasteiger partial charge in [0.15, 0.2) is 0 Å². The number of hydrogen-bond acceptors (Lipinski definition) is 2. The molecule has 0 saturated carbocycles. The highest BCUT2D eigenvalue weighted by molar-refractivity contribution is 5.48. The number of carbonyl (C=O) groups excluding carboxylic acids is 1. The maximum absolute atomic E-state index is 12.4. The van der Waals surface area contributed by atoms with Crippen LogP contribution >= 0.6 is 0 Å². The van der Waals surface area contributed by atoms with Gasteiger partial charge in [0.25, 0.3) is 0 Å². The highest BCUT2D eigenvalue weighted by atomic mass is 19.4. The van der Waals surface area contributed by atoms with Crippen molar-refractivity contribution in [3.63, 3.8) is 0 Å². The molecular formula is C13H14F3N2O. The smallest absolute Gasteiger partial charge is 0.332 e. The normalized spacial score (nSPS) is 17.5. The summed E-state index contributed by atoms with van der Waals surface area (Å²) in [6.45, 7) is 3.27. The van der Waals surface area contributed by atoms with Crippen molar-refractivity contribution in [2.75, 3.05) is 26.2 Å². The molecule has 1 radical (unpaired) electrons. The van der Waals surface area contributed by atoms with Gasteiger partial charge in [0.2, 0.25) is 0 Å². The van der Waals surface area contributed by atoms with Gasteiger partial charge in [0, 0.05) is 32.7 Å². The van der Waals surface area contributed by atoms with Crippen LogP contribution < -0.4 is 0 Å². The van der Waals surface area contributed by atoms with Crippen LogP contribution in [0.5, 0.6) is 0 Å². The quantitative estimate of drug-likeness (QED) is 0.838. The summed E-state index contributed by atoms with van der Waals surface area (Å²) in [5.41, 5.74) is 0.216. The molecule has 1 heterocycles. The predicted octanol–water partition coefficient (Wildman–Crippen LogP) is 1.89. The first kappa shape index (κ1) is 13.9. The van der Waals surface area contributed by atoms with Gasteiger partial charge in [-0.3, -0.25) is 9.69 Å². The molecule has 2 rings (SSSR count). The molecule has 1 aliphatic rings. The van der Waals surface area contributed by atoms with Crippen LogP contribution in [0.15, 0.2) is 24.3 Å². The molecule has 103 valence electrons. The molecule has 1 saturated heterocycles. The number of piperazine rings is 1. The van der Waals surface area contributed by atoms with E-state index in [-0.39, 0.29) is 0 Å². The highest BCUT2D eigenvalue weighted by Gasteiger charge is 2.30. The number of alkyl halides is 3. The van der Waals surface area contributed by atoms with Crippen LogP contribution in [0.4, 0.5) is 13.2 Å². The fourth-order valence-electron chi connectivity index (χ4n) is 2.05. The van der Waals surface area contributed by atoms with Crippen LogP contribution in [0.2, 0.25) is 0 Å². The molecule has 0 aromatic heterocycles. The molecule has 1 fully saturated rings. The zero-order chi connectivity index (χ0) is 13.9. The van der Waals surface area contributed by atoms with E-state index in [9.17, 15) is 18.0 Å². The number of rotatable bonds is 3. The molecule has 0 atom stereocenters. The lowest BCUT2D eigenvalue weighted by Gasteiger charge is -2.31. The first-order chi connectivity index (χ1) is 8.99. The van der Waals surface area contributed by atoms with E-state index < -0.39 is 11.7 Å².